The lowest BCUT2D eigenvalue weighted by atomic mass is 10.4. The summed E-state index contributed by atoms with van der Waals surface area (Å²) >= 11 is 0. The lowest BCUT2D eigenvalue weighted by Gasteiger charge is -2.24. The summed E-state index contributed by atoms with van der Waals surface area (Å²) in [5, 5.41) is 0. The van der Waals surface area contributed by atoms with E-state index in [2.05, 4.69) is 6.92 Å². The maximum atomic E-state index is 5.40. The van der Waals surface area contributed by atoms with E-state index in [1.807, 2.05) is 20.8 Å². The molecule has 0 saturated heterocycles. The van der Waals surface area contributed by atoms with E-state index in [0.29, 0.717) is 6.61 Å². The molecule has 0 aliphatic heterocycles. The molecule has 0 aliphatic rings. The maximum absolute atomic E-state index is 5.40. The highest BCUT2D eigenvalue weighted by Gasteiger charge is 2.16. The average molecular weight is 146 g/mol. The second kappa shape index (κ2) is 4.69. The monoisotopic (exact) mass is 146 g/mol. The molecule has 0 aromatic rings. The Balaban J connectivity index is 3.42. The molecule has 0 rings (SSSR count). The third kappa shape index (κ3) is 4.77. The fourth-order valence-corrected chi connectivity index (χ4v) is 0.737. The van der Waals surface area contributed by atoms with Gasteiger partial charge in [-0.05, 0) is 27.2 Å². The molecule has 0 aliphatic carbocycles. The van der Waals surface area contributed by atoms with Crippen molar-refractivity contribution in [1.29, 1.82) is 0 Å². The van der Waals surface area contributed by atoms with Crippen molar-refractivity contribution >= 4 is 0 Å². The van der Waals surface area contributed by atoms with Crippen molar-refractivity contribution in [2.45, 2.75) is 39.9 Å². The van der Waals surface area contributed by atoms with E-state index >= 15 is 0 Å². The minimum Gasteiger partial charge on any atom is -0.351 e. The van der Waals surface area contributed by atoms with E-state index in [4.69, 9.17) is 9.47 Å². The molecule has 0 aromatic heterocycles. The molecule has 0 amide bonds. The predicted octanol–water partition coefficient (Wildman–Crippen LogP) is 2.19. The van der Waals surface area contributed by atoms with Crippen LogP contribution in [-0.4, -0.2) is 19.0 Å². The normalized spacial score (nSPS) is 12.0. The summed E-state index contributed by atoms with van der Waals surface area (Å²) in [6.07, 6.45) is 1.04. The molecule has 10 heavy (non-hydrogen) atoms. The van der Waals surface area contributed by atoms with Crippen LogP contribution in [0.2, 0.25) is 0 Å². The van der Waals surface area contributed by atoms with Gasteiger partial charge in [0.15, 0.2) is 5.79 Å². The Morgan fingerprint density at radius 1 is 1.10 bits per heavy atom. The van der Waals surface area contributed by atoms with Gasteiger partial charge in [-0.2, -0.15) is 0 Å². The van der Waals surface area contributed by atoms with E-state index in [9.17, 15) is 0 Å². The first-order chi connectivity index (χ1) is 4.62. The summed E-state index contributed by atoms with van der Waals surface area (Å²) in [5.41, 5.74) is 0. The van der Waals surface area contributed by atoms with Crippen LogP contribution in [-0.2, 0) is 9.47 Å². The zero-order valence-electron chi connectivity index (χ0n) is 7.44. The van der Waals surface area contributed by atoms with Crippen molar-refractivity contribution in [2.24, 2.45) is 0 Å². The molecule has 0 heterocycles. The van der Waals surface area contributed by atoms with Gasteiger partial charge in [0.1, 0.15) is 0 Å². The third-order valence-electron chi connectivity index (χ3n) is 1.15. The first-order valence-corrected chi connectivity index (χ1v) is 3.90. The second-order valence-electron chi connectivity index (χ2n) is 2.68. The summed E-state index contributed by atoms with van der Waals surface area (Å²) in [5.74, 6) is -0.398. The van der Waals surface area contributed by atoms with Gasteiger partial charge >= 0.3 is 0 Å². The molecule has 0 spiro atoms. The van der Waals surface area contributed by atoms with Crippen LogP contribution in [0, 0.1) is 0 Å². The van der Waals surface area contributed by atoms with Crippen LogP contribution in [0.1, 0.15) is 34.1 Å². The van der Waals surface area contributed by atoms with Crippen molar-refractivity contribution in [3.63, 3.8) is 0 Å². The predicted molar refractivity (Wildman–Crippen MR) is 41.9 cm³/mol. The average Bonchev–Trinajstić information content (AvgIpc) is 1.84. The maximum Gasteiger partial charge on any atom is 0.162 e. The summed E-state index contributed by atoms with van der Waals surface area (Å²) in [7, 11) is 0. The van der Waals surface area contributed by atoms with Crippen LogP contribution in [0.25, 0.3) is 0 Å². The number of hydrogen-bond acceptors (Lipinski definition) is 2. The van der Waals surface area contributed by atoms with E-state index in [1.165, 1.54) is 0 Å². The molecule has 0 atom stereocenters. The molecule has 0 fully saturated rings. The van der Waals surface area contributed by atoms with Gasteiger partial charge in [0.05, 0.1) is 0 Å². The van der Waals surface area contributed by atoms with E-state index < -0.39 is 5.79 Å². The van der Waals surface area contributed by atoms with Gasteiger partial charge in [0.2, 0.25) is 0 Å². The van der Waals surface area contributed by atoms with Crippen molar-refractivity contribution < 1.29 is 9.47 Å². The topological polar surface area (TPSA) is 18.5 Å². The smallest absolute Gasteiger partial charge is 0.162 e. The van der Waals surface area contributed by atoms with E-state index in [-0.39, 0.29) is 0 Å². The number of rotatable bonds is 5. The Hall–Kier alpha value is -0.0800. The lowest BCUT2D eigenvalue weighted by Crippen LogP contribution is -2.28. The fourth-order valence-electron chi connectivity index (χ4n) is 0.737. The van der Waals surface area contributed by atoms with Crippen molar-refractivity contribution in [3.05, 3.63) is 0 Å². The molecule has 0 bridgehead atoms. The zero-order valence-corrected chi connectivity index (χ0v) is 7.44. The van der Waals surface area contributed by atoms with Gasteiger partial charge in [-0.1, -0.05) is 6.92 Å². The highest BCUT2D eigenvalue weighted by molar-refractivity contribution is 4.51. The van der Waals surface area contributed by atoms with Gasteiger partial charge in [0, 0.05) is 13.2 Å². The molecular formula is C8H18O2. The van der Waals surface area contributed by atoms with Gasteiger partial charge in [-0.15, -0.1) is 0 Å². The first-order valence-electron chi connectivity index (χ1n) is 3.90. The Kier molecular flexibility index (Phi) is 4.65. The molecule has 62 valence electrons. The van der Waals surface area contributed by atoms with Gasteiger partial charge in [-0.25, -0.2) is 0 Å². The number of hydrogen-bond donors (Lipinski definition) is 0. The van der Waals surface area contributed by atoms with Crippen LogP contribution in [0.3, 0.4) is 0 Å². The SMILES string of the molecule is CCCOC(C)(C)OCC. The molecule has 2 nitrogen and oxygen atoms in total. The Morgan fingerprint density at radius 3 is 2.10 bits per heavy atom. The summed E-state index contributed by atoms with van der Waals surface area (Å²) < 4.78 is 10.7. The van der Waals surface area contributed by atoms with Crippen LogP contribution < -0.4 is 0 Å². The summed E-state index contributed by atoms with van der Waals surface area (Å²) in [4.78, 5) is 0. The van der Waals surface area contributed by atoms with Crippen molar-refractivity contribution in [1.82, 2.24) is 0 Å². The summed E-state index contributed by atoms with van der Waals surface area (Å²) in [6.45, 7) is 9.40. The van der Waals surface area contributed by atoms with Gasteiger partial charge in [0.25, 0.3) is 0 Å². The van der Waals surface area contributed by atoms with Gasteiger partial charge in [-0.3, -0.25) is 0 Å². The minimum atomic E-state index is -0.398. The molecule has 0 radical (unpaired) electrons. The molecular weight excluding hydrogens is 128 g/mol. The Morgan fingerprint density at radius 2 is 1.70 bits per heavy atom. The standard InChI is InChI=1S/C8H18O2/c1-5-7-10-8(3,4)9-6-2/h5-7H2,1-4H3. The Bertz CT molecular complexity index is 79.3. The fraction of sp³-hybridized carbons (Fsp3) is 1.00. The van der Waals surface area contributed by atoms with Crippen LogP contribution >= 0.6 is 0 Å². The van der Waals surface area contributed by atoms with Crippen molar-refractivity contribution in [3.8, 4) is 0 Å². The number of ether oxygens (including phenoxy) is 2. The van der Waals surface area contributed by atoms with Crippen molar-refractivity contribution in [2.75, 3.05) is 13.2 Å². The molecule has 0 aromatic carbocycles. The van der Waals surface area contributed by atoms with E-state index in [0.717, 1.165) is 13.0 Å². The summed E-state index contributed by atoms with van der Waals surface area (Å²) in [6, 6.07) is 0. The second-order valence-corrected chi connectivity index (χ2v) is 2.68. The quantitative estimate of drug-likeness (QED) is 0.553. The van der Waals surface area contributed by atoms with Gasteiger partial charge < -0.3 is 9.47 Å². The largest absolute Gasteiger partial charge is 0.351 e. The van der Waals surface area contributed by atoms with Crippen LogP contribution in [0.4, 0.5) is 0 Å². The lowest BCUT2D eigenvalue weighted by molar-refractivity contribution is -0.210. The molecule has 2 heteroatoms. The van der Waals surface area contributed by atoms with Crippen LogP contribution in [0.5, 0.6) is 0 Å². The highest BCUT2D eigenvalue weighted by Crippen LogP contribution is 2.10. The highest BCUT2D eigenvalue weighted by atomic mass is 16.7. The molecule has 0 saturated carbocycles. The Labute approximate surface area is 63.5 Å². The third-order valence-corrected chi connectivity index (χ3v) is 1.15. The minimum absolute atomic E-state index is 0.398. The molecule has 0 unspecified atom stereocenters. The van der Waals surface area contributed by atoms with E-state index in [1.54, 1.807) is 0 Å². The van der Waals surface area contributed by atoms with Crippen LogP contribution in [0.15, 0.2) is 0 Å². The zero-order chi connectivity index (χ0) is 8.04. The molecule has 0 N–H and O–H groups in total. The first kappa shape index (κ1) is 9.92.